The lowest BCUT2D eigenvalue weighted by Gasteiger charge is -2.27. The van der Waals surface area contributed by atoms with Gasteiger partial charge in [-0.2, -0.15) is 0 Å². The van der Waals surface area contributed by atoms with Crippen molar-refractivity contribution in [3.63, 3.8) is 0 Å². The predicted molar refractivity (Wildman–Crippen MR) is 127 cm³/mol. The molecule has 0 aliphatic heterocycles. The van der Waals surface area contributed by atoms with Crippen LogP contribution in [-0.4, -0.2) is 65.3 Å². The van der Waals surface area contributed by atoms with E-state index >= 15 is 0 Å². The number of carbonyl (C=O) groups is 3. The molecule has 2 rings (SSSR count). The second-order valence-corrected chi connectivity index (χ2v) is 9.25. The smallest absolute Gasteiger partial charge is 0.405 e. The van der Waals surface area contributed by atoms with Crippen LogP contribution in [0.4, 0.5) is 4.79 Å². The van der Waals surface area contributed by atoms with E-state index in [1.54, 1.807) is 11.9 Å². The second-order valence-electron chi connectivity index (χ2n) is 9.25. The molecule has 1 aromatic carbocycles. The Hall–Kier alpha value is -2.61. The maximum atomic E-state index is 12.8. The van der Waals surface area contributed by atoms with Crippen molar-refractivity contribution in [2.24, 2.45) is 5.92 Å². The van der Waals surface area contributed by atoms with Crippen LogP contribution in [0.3, 0.4) is 0 Å². The molecule has 0 aromatic heterocycles. The highest BCUT2D eigenvalue weighted by atomic mass is 16.4. The van der Waals surface area contributed by atoms with Gasteiger partial charge in [-0.3, -0.25) is 9.59 Å². The van der Waals surface area contributed by atoms with Gasteiger partial charge in [-0.1, -0.05) is 69.4 Å². The van der Waals surface area contributed by atoms with Crippen molar-refractivity contribution in [3.05, 3.63) is 35.9 Å². The molecule has 1 fully saturated rings. The van der Waals surface area contributed by atoms with Crippen molar-refractivity contribution in [3.8, 4) is 0 Å². The lowest BCUT2D eigenvalue weighted by Crippen LogP contribution is -2.51. The normalized spacial score (nSPS) is 16.9. The molecule has 3 atom stereocenters. The van der Waals surface area contributed by atoms with E-state index in [9.17, 15) is 19.5 Å². The molecule has 4 N–H and O–H groups in total. The van der Waals surface area contributed by atoms with Gasteiger partial charge in [0.2, 0.25) is 11.8 Å². The predicted octanol–water partition coefficient (Wildman–Crippen LogP) is 3.11. The number of hydrogen-bond acceptors (Lipinski definition) is 4. The summed E-state index contributed by atoms with van der Waals surface area (Å²) in [6, 6.07) is 8.52. The van der Waals surface area contributed by atoms with Crippen molar-refractivity contribution < 1.29 is 24.6 Å². The summed E-state index contributed by atoms with van der Waals surface area (Å²) in [6.45, 7) is 2.33. The number of nitrogens with zero attached hydrogens (tertiary/aromatic N) is 1. The second kappa shape index (κ2) is 13.8. The van der Waals surface area contributed by atoms with Crippen LogP contribution in [0, 0.1) is 5.92 Å². The van der Waals surface area contributed by atoms with Crippen LogP contribution < -0.4 is 10.6 Å². The summed E-state index contributed by atoms with van der Waals surface area (Å²) in [5, 5.41) is 23.9. The Morgan fingerprint density at radius 3 is 2.36 bits per heavy atom. The Kier molecular flexibility index (Phi) is 11.2. The molecule has 1 aliphatic rings. The number of aliphatic hydroxyl groups is 1. The number of carbonyl (C=O) groups excluding carboxylic acids is 2. The van der Waals surface area contributed by atoms with E-state index in [1.165, 1.54) is 6.42 Å². The Balaban J connectivity index is 1.84. The fourth-order valence-electron chi connectivity index (χ4n) is 4.54. The third-order valence-electron chi connectivity index (χ3n) is 6.52. The first-order valence-electron chi connectivity index (χ1n) is 12.0. The molecule has 0 radical (unpaired) electrons. The molecule has 8 heteroatoms. The van der Waals surface area contributed by atoms with Crippen molar-refractivity contribution >= 4 is 17.9 Å². The van der Waals surface area contributed by atoms with Gasteiger partial charge >= 0.3 is 6.09 Å². The van der Waals surface area contributed by atoms with E-state index in [2.05, 4.69) is 17.6 Å². The number of amides is 3. The summed E-state index contributed by atoms with van der Waals surface area (Å²) in [5.74, 6) is 0.000289. The van der Waals surface area contributed by atoms with Gasteiger partial charge in [-0.15, -0.1) is 0 Å². The Morgan fingerprint density at radius 2 is 1.76 bits per heavy atom. The van der Waals surface area contributed by atoms with Gasteiger partial charge in [0.25, 0.3) is 0 Å². The van der Waals surface area contributed by atoms with Gasteiger partial charge in [0.1, 0.15) is 6.04 Å². The molecule has 1 aromatic rings. The van der Waals surface area contributed by atoms with Crippen LogP contribution in [0.5, 0.6) is 0 Å². The van der Waals surface area contributed by atoms with E-state index in [0.29, 0.717) is 18.9 Å². The number of carboxylic acid groups (broad SMARTS) is 1. The number of aliphatic hydroxyl groups excluding tert-OH is 1. The van der Waals surface area contributed by atoms with Crippen LogP contribution in [-0.2, 0) is 9.59 Å². The first-order valence-corrected chi connectivity index (χ1v) is 12.0. The van der Waals surface area contributed by atoms with Crippen LogP contribution in [0.1, 0.15) is 69.8 Å². The molecule has 0 saturated heterocycles. The minimum atomic E-state index is -1.24. The number of benzene rings is 1. The first kappa shape index (κ1) is 26.6. The number of rotatable bonds is 12. The zero-order valence-corrected chi connectivity index (χ0v) is 19.8. The summed E-state index contributed by atoms with van der Waals surface area (Å²) in [6.07, 6.45) is 5.06. The maximum Gasteiger partial charge on any atom is 0.405 e. The number of likely N-dealkylation sites (N-methyl/N-ethyl adjacent to an activating group) is 1. The molecule has 0 spiro atoms. The van der Waals surface area contributed by atoms with E-state index in [4.69, 9.17) is 5.11 Å². The minimum absolute atomic E-state index is 0.0621. The topological polar surface area (TPSA) is 119 Å². The highest BCUT2D eigenvalue weighted by Gasteiger charge is 2.27. The molecule has 0 heterocycles. The van der Waals surface area contributed by atoms with Crippen LogP contribution in [0.2, 0.25) is 0 Å². The third-order valence-corrected chi connectivity index (χ3v) is 6.52. The molecular formula is C25H39N3O5. The van der Waals surface area contributed by atoms with Gasteiger partial charge in [0.15, 0.2) is 0 Å². The molecule has 1 unspecified atom stereocenters. The van der Waals surface area contributed by atoms with Crippen molar-refractivity contribution in [2.75, 3.05) is 20.2 Å². The first-order chi connectivity index (χ1) is 15.8. The maximum absolute atomic E-state index is 12.8. The van der Waals surface area contributed by atoms with Crippen molar-refractivity contribution in [1.29, 1.82) is 0 Å². The summed E-state index contributed by atoms with van der Waals surface area (Å²) in [5.41, 5.74) is 1.16. The van der Waals surface area contributed by atoms with Crippen molar-refractivity contribution in [2.45, 2.75) is 76.3 Å². The lowest BCUT2D eigenvalue weighted by molar-refractivity contribution is -0.131. The molecule has 0 bridgehead atoms. The molecular weight excluding hydrogens is 422 g/mol. The summed E-state index contributed by atoms with van der Waals surface area (Å²) in [4.78, 5) is 38.2. The van der Waals surface area contributed by atoms with Crippen LogP contribution in [0.15, 0.2) is 30.3 Å². The Morgan fingerprint density at radius 1 is 1.09 bits per heavy atom. The summed E-state index contributed by atoms with van der Waals surface area (Å²) >= 11 is 0. The fourth-order valence-corrected chi connectivity index (χ4v) is 4.54. The van der Waals surface area contributed by atoms with Gasteiger partial charge < -0.3 is 25.7 Å². The van der Waals surface area contributed by atoms with Crippen molar-refractivity contribution in [1.82, 2.24) is 15.5 Å². The average Bonchev–Trinajstić information content (AvgIpc) is 2.81. The van der Waals surface area contributed by atoms with Gasteiger partial charge in [-0.25, -0.2) is 4.79 Å². The quantitative estimate of drug-likeness (QED) is 0.381. The minimum Gasteiger partial charge on any atom is -0.465 e. The molecule has 184 valence electrons. The summed E-state index contributed by atoms with van der Waals surface area (Å²) in [7, 11) is 1.76. The average molecular weight is 462 g/mol. The van der Waals surface area contributed by atoms with Crippen LogP contribution >= 0.6 is 0 Å². The Labute approximate surface area is 196 Å². The molecule has 1 saturated carbocycles. The zero-order valence-electron chi connectivity index (χ0n) is 19.8. The number of hydrogen-bond donors (Lipinski definition) is 4. The van der Waals surface area contributed by atoms with Gasteiger partial charge in [0, 0.05) is 20.0 Å². The van der Waals surface area contributed by atoms with Gasteiger partial charge in [-0.05, 0) is 30.2 Å². The monoisotopic (exact) mass is 461 g/mol. The molecule has 33 heavy (non-hydrogen) atoms. The van der Waals surface area contributed by atoms with E-state index in [1.807, 2.05) is 30.3 Å². The van der Waals surface area contributed by atoms with Gasteiger partial charge in [0.05, 0.1) is 12.6 Å². The highest BCUT2D eigenvalue weighted by Crippen LogP contribution is 2.27. The van der Waals surface area contributed by atoms with E-state index < -0.39 is 24.1 Å². The fraction of sp³-hybridized carbons (Fsp3) is 0.640. The summed E-state index contributed by atoms with van der Waals surface area (Å²) < 4.78 is 0. The molecule has 1 aliphatic carbocycles. The zero-order chi connectivity index (χ0) is 24.2. The molecule has 8 nitrogen and oxygen atoms in total. The molecule has 3 amide bonds. The van der Waals surface area contributed by atoms with E-state index in [0.717, 1.165) is 31.2 Å². The number of nitrogens with one attached hydrogen (secondary N) is 2. The van der Waals surface area contributed by atoms with E-state index in [-0.39, 0.29) is 31.3 Å². The lowest BCUT2D eigenvalue weighted by atomic mass is 9.84. The highest BCUT2D eigenvalue weighted by molar-refractivity contribution is 5.85. The third kappa shape index (κ3) is 9.42. The standard InChI is InChI=1S/C25H39N3O5/c1-18(20-11-7-4-8-12-20)16-28(2)23(30)14-13-21(17-29)26-24(31)22(27-25(32)33)15-19-9-5-3-6-10-19/h4,7-8,11-12,18-19,21-22,27,29H,3,5-6,9-10,13-17H2,1-2H3,(H,26,31)(H,32,33)/t18?,21-,22-/m0/s1. The Bertz CT molecular complexity index is 752. The SMILES string of the molecule is CC(CN(C)C(=O)CC[C@@H](CO)NC(=O)[C@H](CC1CCCCC1)NC(=O)O)c1ccccc1. The van der Waals surface area contributed by atoms with Crippen LogP contribution in [0.25, 0.3) is 0 Å². The largest absolute Gasteiger partial charge is 0.465 e.